The third-order valence-electron chi connectivity index (χ3n) is 1.96. The molecule has 0 fully saturated rings. The van der Waals surface area contributed by atoms with Gasteiger partial charge in [0.2, 0.25) is 0 Å². The molecule has 0 saturated carbocycles. The van der Waals surface area contributed by atoms with Crippen LogP contribution >= 0.6 is 0 Å². The van der Waals surface area contributed by atoms with Gasteiger partial charge in [-0.15, -0.1) is 0 Å². The van der Waals surface area contributed by atoms with E-state index in [1.807, 2.05) is 0 Å². The van der Waals surface area contributed by atoms with Gasteiger partial charge >= 0.3 is 12.1 Å². The summed E-state index contributed by atoms with van der Waals surface area (Å²) in [6.07, 6.45) is -1.22. The van der Waals surface area contributed by atoms with Crippen LogP contribution in [0.1, 0.15) is 15.9 Å². The minimum absolute atomic E-state index is 0.271. The van der Waals surface area contributed by atoms with E-state index in [2.05, 4.69) is 4.99 Å². The van der Waals surface area contributed by atoms with Crippen LogP contribution in [-0.2, 0) is 6.18 Å². The number of carboxylic acid groups (broad SMARTS) is 1. The van der Waals surface area contributed by atoms with Crippen LogP contribution in [0.3, 0.4) is 0 Å². The summed E-state index contributed by atoms with van der Waals surface area (Å²) in [6, 6.07) is 2.41. The van der Waals surface area contributed by atoms with Gasteiger partial charge < -0.3 is 10.8 Å². The van der Waals surface area contributed by atoms with Gasteiger partial charge in [0.1, 0.15) is 0 Å². The van der Waals surface area contributed by atoms with E-state index in [4.69, 9.17) is 10.8 Å². The van der Waals surface area contributed by atoms with Gasteiger partial charge in [0.05, 0.1) is 16.8 Å². The molecule has 7 heteroatoms. The fourth-order valence-electron chi connectivity index (χ4n) is 1.18. The Morgan fingerprint density at radius 3 is 2.56 bits per heavy atom. The van der Waals surface area contributed by atoms with E-state index in [0.29, 0.717) is 6.07 Å². The van der Waals surface area contributed by atoms with Crippen LogP contribution in [0.2, 0.25) is 0 Å². The first-order valence-electron chi connectivity index (χ1n) is 4.71. The van der Waals surface area contributed by atoms with Crippen molar-refractivity contribution < 1.29 is 23.1 Å². The molecule has 4 nitrogen and oxygen atoms in total. The maximum Gasteiger partial charge on any atom is 0.418 e. The Bertz CT molecular complexity index is 508. The van der Waals surface area contributed by atoms with Gasteiger partial charge in [-0.25, -0.2) is 4.79 Å². The molecule has 0 atom stereocenters. The van der Waals surface area contributed by atoms with Crippen molar-refractivity contribution in [1.29, 1.82) is 0 Å². The van der Waals surface area contributed by atoms with Gasteiger partial charge in [0, 0.05) is 6.21 Å². The zero-order valence-corrected chi connectivity index (χ0v) is 8.98. The Morgan fingerprint density at radius 1 is 1.39 bits per heavy atom. The smallest absolute Gasteiger partial charge is 0.418 e. The second-order valence-electron chi connectivity index (χ2n) is 3.20. The molecule has 1 rings (SSSR count). The molecule has 0 aromatic heterocycles. The SMILES string of the molecule is NC=CC=Nc1cc(C(=O)O)ccc1C(F)(F)F. The predicted octanol–water partition coefficient (Wildman–Crippen LogP) is 2.58. The normalized spacial score (nSPS) is 12.4. The van der Waals surface area contributed by atoms with Crippen molar-refractivity contribution in [2.24, 2.45) is 10.7 Å². The summed E-state index contributed by atoms with van der Waals surface area (Å²) in [6.45, 7) is 0. The highest BCUT2D eigenvalue weighted by Crippen LogP contribution is 2.36. The average Bonchev–Trinajstić information content (AvgIpc) is 2.27. The van der Waals surface area contributed by atoms with E-state index in [9.17, 15) is 18.0 Å². The molecule has 0 spiro atoms. The van der Waals surface area contributed by atoms with Gasteiger partial charge in [-0.3, -0.25) is 4.99 Å². The van der Waals surface area contributed by atoms with Crippen molar-refractivity contribution in [2.75, 3.05) is 0 Å². The standard InChI is InChI=1S/C11H9F3N2O2/c12-11(13,14)8-3-2-7(10(17)18)6-9(8)16-5-1-4-15/h1-6H,15H2,(H,17,18). The Morgan fingerprint density at radius 2 is 2.06 bits per heavy atom. The van der Waals surface area contributed by atoms with Crippen LogP contribution in [0, 0.1) is 0 Å². The molecule has 0 heterocycles. The molecule has 96 valence electrons. The highest BCUT2D eigenvalue weighted by molar-refractivity contribution is 5.89. The highest BCUT2D eigenvalue weighted by atomic mass is 19.4. The topological polar surface area (TPSA) is 75.7 Å². The molecular weight excluding hydrogens is 249 g/mol. The lowest BCUT2D eigenvalue weighted by Crippen LogP contribution is -2.06. The summed E-state index contributed by atoms with van der Waals surface area (Å²) >= 11 is 0. The molecule has 3 N–H and O–H groups in total. The lowest BCUT2D eigenvalue weighted by Gasteiger charge is -2.10. The van der Waals surface area contributed by atoms with Gasteiger partial charge in [-0.1, -0.05) is 0 Å². The summed E-state index contributed by atoms with van der Waals surface area (Å²) in [5, 5.41) is 8.71. The molecular formula is C11H9F3N2O2. The van der Waals surface area contributed by atoms with Crippen molar-refractivity contribution in [3.05, 3.63) is 41.6 Å². The molecule has 0 unspecified atom stereocenters. The first-order chi connectivity index (χ1) is 8.36. The fourth-order valence-corrected chi connectivity index (χ4v) is 1.18. The van der Waals surface area contributed by atoms with Crippen LogP contribution in [0.25, 0.3) is 0 Å². The van der Waals surface area contributed by atoms with Gasteiger partial charge in [0.15, 0.2) is 0 Å². The summed E-state index contributed by atoms with van der Waals surface area (Å²) in [7, 11) is 0. The van der Waals surface area contributed by atoms with E-state index in [-0.39, 0.29) is 5.56 Å². The number of carbonyl (C=O) groups is 1. The number of allylic oxidation sites excluding steroid dienone is 1. The lowest BCUT2D eigenvalue weighted by molar-refractivity contribution is -0.137. The molecule has 0 amide bonds. The number of carboxylic acids is 1. The molecule has 1 aromatic rings. The molecule has 0 aliphatic carbocycles. The van der Waals surface area contributed by atoms with Crippen molar-refractivity contribution >= 4 is 17.9 Å². The molecule has 0 radical (unpaired) electrons. The minimum atomic E-state index is -4.60. The van der Waals surface area contributed by atoms with Crippen molar-refractivity contribution in [1.82, 2.24) is 0 Å². The van der Waals surface area contributed by atoms with Gasteiger partial charge in [-0.2, -0.15) is 13.2 Å². The average molecular weight is 258 g/mol. The number of benzene rings is 1. The van der Waals surface area contributed by atoms with E-state index in [0.717, 1.165) is 24.5 Å². The molecule has 18 heavy (non-hydrogen) atoms. The number of nitrogens with zero attached hydrogens (tertiary/aromatic N) is 1. The molecule has 0 aliphatic heterocycles. The second-order valence-corrected chi connectivity index (χ2v) is 3.20. The van der Waals surface area contributed by atoms with Crippen LogP contribution in [0.15, 0.2) is 35.5 Å². The largest absolute Gasteiger partial charge is 0.478 e. The highest BCUT2D eigenvalue weighted by Gasteiger charge is 2.33. The lowest BCUT2D eigenvalue weighted by atomic mass is 10.1. The predicted molar refractivity (Wildman–Crippen MR) is 59.9 cm³/mol. The summed E-state index contributed by atoms with van der Waals surface area (Å²) in [5.74, 6) is -1.32. The maximum atomic E-state index is 12.6. The molecule has 0 bridgehead atoms. The Balaban J connectivity index is 3.31. The summed E-state index contributed by atoms with van der Waals surface area (Å²) < 4.78 is 37.9. The zero-order chi connectivity index (χ0) is 13.8. The number of hydrogen-bond acceptors (Lipinski definition) is 3. The first kappa shape index (κ1) is 13.8. The fraction of sp³-hybridized carbons (Fsp3) is 0.0909. The summed E-state index contributed by atoms with van der Waals surface area (Å²) in [4.78, 5) is 14.2. The second kappa shape index (κ2) is 5.35. The monoisotopic (exact) mass is 258 g/mol. The van der Waals surface area contributed by atoms with Gasteiger partial charge in [0.25, 0.3) is 0 Å². The number of rotatable bonds is 3. The van der Waals surface area contributed by atoms with E-state index < -0.39 is 23.4 Å². The van der Waals surface area contributed by atoms with E-state index in [1.54, 1.807) is 0 Å². The Hall–Kier alpha value is -2.31. The van der Waals surface area contributed by atoms with Crippen LogP contribution < -0.4 is 5.73 Å². The third kappa shape index (κ3) is 3.34. The quantitative estimate of drug-likeness (QED) is 0.818. The first-order valence-corrected chi connectivity index (χ1v) is 4.71. The van der Waals surface area contributed by atoms with E-state index >= 15 is 0 Å². The van der Waals surface area contributed by atoms with Crippen LogP contribution in [0.5, 0.6) is 0 Å². The van der Waals surface area contributed by atoms with Crippen molar-refractivity contribution in [3.63, 3.8) is 0 Å². The molecule has 1 aromatic carbocycles. The summed E-state index contributed by atoms with van der Waals surface area (Å²) in [5.41, 5.74) is 3.26. The van der Waals surface area contributed by atoms with Gasteiger partial charge in [-0.05, 0) is 30.5 Å². The number of alkyl halides is 3. The number of hydrogen-bond donors (Lipinski definition) is 2. The van der Waals surface area contributed by atoms with Crippen molar-refractivity contribution in [2.45, 2.75) is 6.18 Å². The van der Waals surface area contributed by atoms with Crippen molar-refractivity contribution in [3.8, 4) is 0 Å². The van der Waals surface area contributed by atoms with Crippen LogP contribution in [-0.4, -0.2) is 17.3 Å². The van der Waals surface area contributed by atoms with E-state index in [1.165, 1.54) is 6.08 Å². The molecule has 0 saturated heterocycles. The number of aromatic carboxylic acids is 1. The number of halogens is 3. The number of nitrogens with two attached hydrogens (primary N) is 1. The minimum Gasteiger partial charge on any atom is -0.478 e. The zero-order valence-electron chi connectivity index (χ0n) is 8.98. The Kier molecular flexibility index (Phi) is 4.09. The number of aliphatic imine (C=N–C) groups is 1. The van der Waals surface area contributed by atoms with Crippen LogP contribution in [0.4, 0.5) is 18.9 Å². The maximum absolute atomic E-state index is 12.6. The third-order valence-corrected chi connectivity index (χ3v) is 1.96. The molecule has 0 aliphatic rings. The Labute approximate surface area is 100 Å².